The first kappa shape index (κ1) is 33.7. The molecule has 0 fully saturated rings. The minimum absolute atomic E-state index is 0.269. The van der Waals surface area contributed by atoms with Crippen LogP contribution < -0.4 is 10.6 Å². The van der Waals surface area contributed by atoms with Crippen LogP contribution in [0.4, 0.5) is 31.5 Å². The summed E-state index contributed by atoms with van der Waals surface area (Å²) in [6.45, 7) is 0. The second-order valence-corrected chi connectivity index (χ2v) is 12.2. The third kappa shape index (κ3) is 8.15. The Morgan fingerprint density at radius 1 is 0.269 bits per heavy atom. The number of halogens is 2. The van der Waals surface area contributed by atoms with E-state index < -0.39 is 0 Å². The third-order valence-electron chi connectivity index (χ3n) is 8.65. The molecule has 0 heterocycles. The van der Waals surface area contributed by atoms with E-state index >= 15 is 8.78 Å². The quantitative estimate of drug-likeness (QED) is 0.167. The van der Waals surface area contributed by atoms with E-state index in [4.69, 9.17) is 0 Å². The molecule has 0 radical (unpaired) electrons. The van der Waals surface area contributed by atoms with Crippen molar-refractivity contribution in [2.75, 3.05) is 10.6 Å². The molecule has 0 amide bonds. The molecule has 4 heteroatoms. The molecule has 0 unspecified atom stereocenters. The van der Waals surface area contributed by atoms with Crippen LogP contribution in [0, 0.1) is 11.6 Å². The maximum absolute atomic E-state index is 15.1. The number of benzene rings is 8. The normalized spacial score (nSPS) is 10.5. The first-order chi connectivity index (χ1) is 25.6. The van der Waals surface area contributed by atoms with Crippen LogP contribution in [0.25, 0.3) is 44.5 Å². The molecule has 8 aromatic carbocycles. The third-order valence-corrected chi connectivity index (χ3v) is 8.65. The summed E-state index contributed by atoms with van der Waals surface area (Å²) in [5.74, 6) is -0.539. The van der Waals surface area contributed by atoms with E-state index in [2.05, 4.69) is 10.6 Å². The molecule has 0 aliphatic heterocycles. The fraction of sp³-hybridized carbons (Fsp3) is 0. The van der Waals surface area contributed by atoms with Crippen molar-refractivity contribution in [3.05, 3.63) is 218 Å². The topological polar surface area (TPSA) is 24.1 Å². The van der Waals surface area contributed by atoms with Gasteiger partial charge in [-0.15, -0.1) is 0 Å². The molecule has 0 spiro atoms. The molecule has 8 rings (SSSR count). The summed E-state index contributed by atoms with van der Waals surface area (Å²) in [5, 5.41) is 6.49. The molecular weight excluding hydrogens is 643 g/mol. The SMILES string of the molecule is Fc1cc(-c2ccccc2)cc(-c2ccccc2)c1Nc1ccccc1.Fc1cc(-c2ccccc2)cc(-c2ccccc2)c1Nc1ccccc1. The second kappa shape index (κ2) is 16.3. The summed E-state index contributed by atoms with van der Waals surface area (Å²) >= 11 is 0. The highest BCUT2D eigenvalue weighted by atomic mass is 19.1. The number of anilines is 4. The first-order valence-corrected chi connectivity index (χ1v) is 17.2. The predicted molar refractivity (Wildman–Crippen MR) is 214 cm³/mol. The van der Waals surface area contributed by atoms with Crippen LogP contribution in [0.2, 0.25) is 0 Å². The number of hydrogen-bond acceptors (Lipinski definition) is 2. The maximum atomic E-state index is 15.1. The molecule has 0 bridgehead atoms. The predicted octanol–water partition coefficient (Wildman–Crippen LogP) is 13.8. The van der Waals surface area contributed by atoms with Crippen LogP contribution in [-0.2, 0) is 0 Å². The van der Waals surface area contributed by atoms with Crippen LogP contribution in [0.5, 0.6) is 0 Å². The summed E-state index contributed by atoms with van der Waals surface area (Å²) in [5.41, 5.74) is 10.0. The van der Waals surface area contributed by atoms with Gasteiger partial charge < -0.3 is 10.6 Å². The number of hydrogen-bond donors (Lipinski definition) is 2. The highest BCUT2D eigenvalue weighted by molar-refractivity contribution is 5.87. The average molecular weight is 679 g/mol. The molecule has 2 nitrogen and oxygen atoms in total. The van der Waals surface area contributed by atoms with Crippen molar-refractivity contribution >= 4 is 22.7 Å². The Labute approximate surface area is 303 Å². The molecule has 0 saturated heterocycles. The largest absolute Gasteiger partial charge is 0.353 e. The van der Waals surface area contributed by atoms with Gasteiger partial charge in [-0.05, 0) is 81.9 Å². The fourth-order valence-electron chi connectivity index (χ4n) is 6.08. The summed E-state index contributed by atoms with van der Waals surface area (Å²) in [4.78, 5) is 0. The lowest BCUT2D eigenvalue weighted by Crippen LogP contribution is -1.98. The van der Waals surface area contributed by atoms with Gasteiger partial charge in [0.15, 0.2) is 0 Å². The Kier molecular flexibility index (Phi) is 10.6. The van der Waals surface area contributed by atoms with Gasteiger partial charge in [0.1, 0.15) is 11.6 Å². The Hall–Kier alpha value is -6.78. The lowest BCUT2D eigenvalue weighted by Gasteiger charge is -2.16. The van der Waals surface area contributed by atoms with Crippen molar-refractivity contribution in [3.63, 3.8) is 0 Å². The lowest BCUT2D eigenvalue weighted by atomic mass is 9.96. The average Bonchev–Trinajstić information content (AvgIpc) is 3.21. The summed E-state index contributed by atoms with van der Waals surface area (Å²) < 4.78 is 30.2. The van der Waals surface area contributed by atoms with E-state index in [0.717, 1.165) is 55.9 Å². The molecule has 0 atom stereocenters. The molecule has 252 valence electrons. The van der Waals surface area contributed by atoms with Crippen molar-refractivity contribution in [1.82, 2.24) is 0 Å². The van der Waals surface area contributed by atoms with Crippen LogP contribution in [0.15, 0.2) is 206 Å². The van der Waals surface area contributed by atoms with Crippen molar-refractivity contribution in [1.29, 1.82) is 0 Å². The molecule has 52 heavy (non-hydrogen) atoms. The number of para-hydroxylation sites is 2. The molecule has 0 aliphatic carbocycles. The minimum Gasteiger partial charge on any atom is -0.353 e. The molecule has 2 N–H and O–H groups in total. The highest BCUT2D eigenvalue weighted by Gasteiger charge is 2.16. The van der Waals surface area contributed by atoms with E-state index in [-0.39, 0.29) is 11.6 Å². The van der Waals surface area contributed by atoms with E-state index in [1.165, 1.54) is 0 Å². The van der Waals surface area contributed by atoms with Gasteiger partial charge in [-0.2, -0.15) is 0 Å². The second-order valence-electron chi connectivity index (χ2n) is 12.2. The Bertz CT molecular complexity index is 2160. The van der Waals surface area contributed by atoms with Crippen LogP contribution in [0.3, 0.4) is 0 Å². The van der Waals surface area contributed by atoms with Crippen molar-refractivity contribution in [2.45, 2.75) is 0 Å². The fourth-order valence-corrected chi connectivity index (χ4v) is 6.08. The van der Waals surface area contributed by atoms with E-state index in [0.29, 0.717) is 11.4 Å². The van der Waals surface area contributed by atoms with Gasteiger partial charge in [-0.3, -0.25) is 0 Å². The van der Waals surface area contributed by atoms with Gasteiger partial charge in [0.25, 0.3) is 0 Å². The zero-order valence-electron chi connectivity index (χ0n) is 28.4. The van der Waals surface area contributed by atoms with Crippen molar-refractivity contribution < 1.29 is 8.78 Å². The smallest absolute Gasteiger partial charge is 0.147 e. The summed E-state index contributed by atoms with van der Waals surface area (Å²) in [6.07, 6.45) is 0. The van der Waals surface area contributed by atoms with Gasteiger partial charge in [-0.1, -0.05) is 158 Å². The molecule has 0 aromatic heterocycles. The standard InChI is InChI=1S/2C24H18FN/c2*25-23-17-20(18-10-4-1-5-11-18)16-22(19-12-6-2-7-13-19)24(23)26-21-14-8-3-9-15-21/h2*1-17,26H. The van der Waals surface area contributed by atoms with Gasteiger partial charge in [0.2, 0.25) is 0 Å². The van der Waals surface area contributed by atoms with Crippen LogP contribution in [-0.4, -0.2) is 0 Å². The van der Waals surface area contributed by atoms with Gasteiger partial charge in [0.05, 0.1) is 11.4 Å². The first-order valence-electron chi connectivity index (χ1n) is 17.2. The summed E-state index contributed by atoms with van der Waals surface area (Å²) in [6, 6.07) is 66.1. The molecule has 0 saturated carbocycles. The highest BCUT2D eigenvalue weighted by Crippen LogP contribution is 2.38. The van der Waals surface area contributed by atoms with Crippen LogP contribution >= 0.6 is 0 Å². The summed E-state index contributed by atoms with van der Waals surface area (Å²) in [7, 11) is 0. The van der Waals surface area contributed by atoms with Gasteiger partial charge in [-0.25, -0.2) is 8.78 Å². The zero-order chi connectivity index (χ0) is 35.5. The van der Waals surface area contributed by atoms with Crippen molar-refractivity contribution in [2.24, 2.45) is 0 Å². The number of nitrogens with one attached hydrogen (secondary N) is 2. The molecular formula is C48H36F2N2. The molecule has 8 aromatic rings. The zero-order valence-corrected chi connectivity index (χ0v) is 28.4. The minimum atomic E-state index is -0.269. The van der Waals surface area contributed by atoms with Crippen molar-refractivity contribution in [3.8, 4) is 44.5 Å². The lowest BCUT2D eigenvalue weighted by molar-refractivity contribution is 0.632. The van der Waals surface area contributed by atoms with E-state index in [1.54, 1.807) is 12.1 Å². The maximum Gasteiger partial charge on any atom is 0.147 e. The van der Waals surface area contributed by atoms with Gasteiger partial charge >= 0.3 is 0 Å². The Balaban J connectivity index is 0.000000162. The monoisotopic (exact) mass is 678 g/mol. The Morgan fingerprint density at radius 2 is 0.538 bits per heavy atom. The number of rotatable bonds is 8. The van der Waals surface area contributed by atoms with E-state index in [1.807, 2.05) is 194 Å². The Morgan fingerprint density at radius 3 is 0.846 bits per heavy atom. The molecule has 0 aliphatic rings. The van der Waals surface area contributed by atoms with Gasteiger partial charge in [0, 0.05) is 22.5 Å². The van der Waals surface area contributed by atoms with Crippen LogP contribution in [0.1, 0.15) is 0 Å². The van der Waals surface area contributed by atoms with E-state index in [9.17, 15) is 0 Å².